The van der Waals surface area contributed by atoms with Gasteiger partial charge in [0.25, 0.3) is 6.47 Å². The Kier molecular flexibility index (Phi) is 35.3. The van der Waals surface area contributed by atoms with Gasteiger partial charge in [0, 0.05) is 92.4 Å². The molecule has 0 aromatic rings. The smallest absolute Gasteiger partial charge is 0.294 e. The summed E-state index contributed by atoms with van der Waals surface area (Å²) in [6.45, 7) is 31.4. The molecule has 1 rings (SSSR count). The second-order valence-corrected chi connectivity index (χ2v) is 29.3. The van der Waals surface area contributed by atoms with Crippen molar-refractivity contribution in [2.45, 2.75) is 249 Å². The number of aliphatic hydroxyl groups is 2. The molecular formula is C69H123N9O15. The van der Waals surface area contributed by atoms with Gasteiger partial charge >= 0.3 is 0 Å². The van der Waals surface area contributed by atoms with E-state index in [9.17, 15) is 48.6 Å². The van der Waals surface area contributed by atoms with Crippen LogP contribution in [0.15, 0.2) is 0 Å². The number of rotatable bonds is 20. The lowest BCUT2D eigenvalue weighted by atomic mass is 9.84. The Bertz CT molecular complexity index is 2530. The Hall–Kier alpha value is -5.88. The Morgan fingerprint density at radius 1 is 0.527 bits per heavy atom. The topological polar surface area (TPSA) is 292 Å². The van der Waals surface area contributed by atoms with E-state index < -0.39 is 180 Å². The minimum atomic E-state index is -1.69. The molecule has 1 heterocycles. The van der Waals surface area contributed by atoms with Crippen LogP contribution in [-0.2, 0) is 62.3 Å². The van der Waals surface area contributed by atoms with Gasteiger partial charge in [-0.05, 0) is 108 Å². The van der Waals surface area contributed by atoms with Gasteiger partial charge in [0.05, 0.1) is 30.8 Å². The Labute approximate surface area is 557 Å². The largest absolute Gasteiger partial charge is 0.449 e. The van der Waals surface area contributed by atoms with Crippen LogP contribution in [-0.4, -0.2) is 250 Å². The third kappa shape index (κ3) is 24.1. The number of aliphatic hydroxyl groups excluding tert-OH is 2. The highest BCUT2D eigenvalue weighted by Gasteiger charge is 2.46. The lowest BCUT2D eigenvalue weighted by Gasteiger charge is -2.42. The zero-order valence-electron chi connectivity index (χ0n) is 61.6. The van der Waals surface area contributed by atoms with Crippen LogP contribution in [0.4, 0.5) is 0 Å². The lowest BCUT2D eigenvalue weighted by Crippen LogP contribution is -2.62. The molecule has 1 aliphatic heterocycles. The van der Waals surface area contributed by atoms with E-state index in [4.69, 9.17) is 4.74 Å². The molecule has 24 nitrogen and oxygen atoms in total. The third-order valence-electron chi connectivity index (χ3n) is 19.0. The van der Waals surface area contributed by atoms with Crippen molar-refractivity contribution >= 4 is 71.1 Å². The molecule has 1 fully saturated rings. The number of hydrogen-bond acceptors (Lipinski definition) is 16. The first-order valence-corrected chi connectivity index (χ1v) is 33.7. The highest BCUT2D eigenvalue weighted by molar-refractivity contribution is 5.99. The summed E-state index contributed by atoms with van der Waals surface area (Å²) >= 11 is 0. The van der Waals surface area contributed by atoms with Gasteiger partial charge in [-0.3, -0.25) is 62.4 Å². The fourth-order valence-corrected chi connectivity index (χ4v) is 12.5. The molecule has 8 amide bonds. The monoisotopic (exact) mass is 1320 g/mol. The van der Waals surface area contributed by atoms with Crippen LogP contribution in [0.2, 0.25) is 0 Å². The summed E-state index contributed by atoms with van der Waals surface area (Å²) in [5.74, 6) is -12.1. The quantitative estimate of drug-likeness (QED) is 0.105. The van der Waals surface area contributed by atoms with Crippen LogP contribution >= 0.6 is 0 Å². The van der Waals surface area contributed by atoms with Crippen molar-refractivity contribution < 1.29 is 72.5 Å². The standard InChI is InChI=1S/C69H123N9O15/c1-27-49-34-58(83)61(62(85)44(14)32-55(80)47(17)72(20)48(18)93-37-79)78(26)69(92)60(43(12)13)77(25)68(91)54(31-41(8)9)76(24)67(90)53(30-40(6)7)75(23)64(87)46(16)70-63(86)45(15)33-56(81)52(29-39(4)5)74(22)66(89)50(42(10)11)35-57(82)51(28-38(2)3)73(21)59(84)36-71(19)65(49)88/h37-55,60-62,80,85H,27-36H2,1-26H3,(H,70,86)/t44-,45-,46-,47?,48?,49-,50+,51+,52+,53+,54+,55?,60+,61-,62-/m1/s1. The molecule has 0 spiro atoms. The number of carbonyl (C=O) groups excluding carboxylic acids is 12. The molecular weight excluding hydrogens is 1190 g/mol. The summed E-state index contributed by atoms with van der Waals surface area (Å²) in [6.07, 6.45) is -4.08. The summed E-state index contributed by atoms with van der Waals surface area (Å²) in [5.41, 5.74) is 0. The summed E-state index contributed by atoms with van der Waals surface area (Å²) in [5, 5.41) is 26.8. The van der Waals surface area contributed by atoms with E-state index in [0.717, 1.165) is 9.80 Å². The molecule has 15 atom stereocenters. The van der Waals surface area contributed by atoms with Crippen molar-refractivity contribution in [3.05, 3.63) is 0 Å². The van der Waals surface area contributed by atoms with Gasteiger partial charge in [-0.25, -0.2) is 0 Å². The number of likely N-dealkylation sites (N-methyl/N-ethyl adjacent to an activating group) is 8. The van der Waals surface area contributed by atoms with Crippen LogP contribution in [0.25, 0.3) is 0 Å². The Balaban J connectivity index is 4.42. The number of Topliss-reactive ketones (excluding diaryl/α,β-unsaturated/α-hetero) is 3. The maximum Gasteiger partial charge on any atom is 0.294 e. The number of ketones is 3. The Morgan fingerprint density at radius 2 is 0.957 bits per heavy atom. The molecule has 93 heavy (non-hydrogen) atoms. The second kappa shape index (κ2) is 38.6. The number of ether oxygens (including phenoxy) is 1. The second-order valence-electron chi connectivity index (χ2n) is 29.3. The van der Waals surface area contributed by atoms with Crippen molar-refractivity contribution in [2.24, 2.45) is 59.2 Å². The van der Waals surface area contributed by atoms with E-state index in [1.165, 1.54) is 80.8 Å². The molecule has 1 aliphatic rings. The number of amides is 8. The van der Waals surface area contributed by atoms with E-state index in [2.05, 4.69) is 5.32 Å². The minimum Gasteiger partial charge on any atom is -0.449 e. The number of nitrogens with zero attached hydrogens (tertiary/aromatic N) is 8. The van der Waals surface area contributed by atoms with Gasteiger partial charge in [-0.1, -0.05) is 104 Å². The SMILES string of the molecule is CC[C@@H]1CC(=O)[C@H]([C@H](O)[C@H](C)CC(O)C(C)N(C)C(C)OC=O)N(C)C(=O)[C@H](C(C)C)N(C)C(=O)[C@H](CC(C)C)N(C)C(=O)[C@H](CC(C)C)N(C)C(=O)[C@@H](C)NC(=O)[C@H](C)CC(=O)[C@H](CC(C)C)N(C)C(=O)[C@H](C(C)C)CC(=O)[C@H](CC(C)C)N(C)C(=O)CN(C)C1=O. The highest BCUT2D eigenvalue weighted by Crippen LogP contribution is 2.30. The molecule has 0 bridgehead atoms. The van der Waals surface area contributed by atoms with Gasteiger partial charge in [0.1, 0.15) is 30.2 Å². The molecule has 3 N–H and O–H groups in total. The molecule has 0 radical (unpaired) electrons. The first-order valence-electron chi connectivity index (χ1n) is 33.7. The van der Waals surface area contributed by atoms with Gasteiger partial charge in [-0.15, -0.1) is 0 Å². The zero-order valence-corrected chi connectivity index (χ0v) is 61.6. The molecule has 0 saturated carbocycles. The van der Waals surface area contributed by atoms with Gasteiger partial charge < -0.3 is 54.6 Å². The predicted octanol–water partition coefficient (Wildman–Crippen LogP) is 5.16. The summed E-state index contributed by atoms with van der Waals surface area (Å²) < 4.78 is 5.10. The summed E-state index contributed by atoms with van der Waals surface area (Å²) in [7, 11) is 11.6. The van der Waals surface area contributed by atoms with Crippen LogP contribution in [0.1, 0.15) is 182 Å². The van der Waals surface area contributed by atoms with E-state index >= 15 is 19.2 Å². The average Bonchev–Trinajstić information content (AvgIpc) is 0.814. The minimum absolute atomic E-state index is 0.0696. The van der Waals surface area contributed by atoms with Crippen molar-refractivity contribution in [3.63, 3.8) is 0 Å². The van der Waals surface area contributed by atoms with Crippen LogP contribution in [0, 0.1) is 59.2 Å². The predicted molar refractivity (Wildman–Crippen MR) is 357 cm³/mol. The van der Waals surface area contributed by atoms with Gasteiger partial charge in [-0.2, -0.15) is 0 Å². The fraction of sp³-hybridized carbons (Fsp3) is 0.826. The zero-order chi connectivity index (χ0) is 72.3. The van der Waals surface area contributed by atoms with E-state index in [1.54, 1.807) is 74.3 Å². The molecule has 0 aromatic heterocycles. The number of nitrogens with one attached hydrogen (secondary N) is 1. The summed E-state index contributed by atoms with van der Waals surface area (Å²) in [6, 6.07) is -9.25. The normalized spacial score (nSPS) is 26.8. The maximum atomic E-state index is 15.4. The molecule has 24 heteroatoms. The molecule has 1 saturated heterocycles. The van der Waals surface area contributed by atoms with Crippen molar-refractivity contribution in [1.82, 2.24) is 44.5 Å². The maximum absolute atomic E-state index is 15.4. The van der Waals surface area contributed by atoms with E-state index in [1.807, 2.05) is 55.4 Å². The fourth-order valence-electron chi connectivity index (χ4n) is 12.5. The van der Waals surface area contributed by atoms with E-state index in [-0.39, 0.29) is 81.5 Å². The average molecular weight is 1320 g/mol. The molecule has 3 unspecified atom stereocenters. The van der Waals surface area contributed by atoms with Crippen LogP contribution in [0.5, 0.6) is 0 Å². The van der Waals surface area contributed by atoms with Crippen molar-refractivity contribution in [1.29, 1.82) is 0 Å². The summed E-state index contributed by atoms with van der Waals surface area (Å²) in [4.78, 5) is 184. The number of hydrogen-bond donors (Lipinski definition) is 3. The highest BCUT2D eigenvalue weighted by atomic mass is 16.5. The number of carbonyl (C=O) groups is 12. The first kappa shape index (κ1) is 85.1. The van der Waals surface area contributed by atoms with Gasteiger partial charge in [0.15, 0.2) is 23.6 Å². The lowest BCUT2D eigenvalue weighted by molar-refractivity contribution is -0.157. The van der Waals surface area contributed by atoms with Crippen LogP contribution in [0.3, 0.4) is 0 Å². The van der Waals surface area contributed by atoms with Crippen molar-refractivity contribution in [3.8, 4) is 0 Å². The molecule has 534 valence electrons. The van der Waals surface area contributed by atoms with Crippen molar-refractivity contribution in [2.75, 3.05) is 62.9 Å². The Morgan fingerprint density at radius 3 is 1.41 bits per heavy atom. The third-order valence-corrected chi connectivity index (χ3v) is 19.0. The molecule has 0 aromatic carbocycles. The molecule has 0 aliphatic carbocycles. The van der Waals surface area contributed by atoms with E-state index in [0.29, 0.717) is 0 Å². The first-order chi connectivity index (χ1) is 42.8. The van der Waals surface area contributed by atoms with Gasteiger partial charge in [0.2, 0.25) is 47.3 Å². The van der Waals surface area contributed by atoms with Crippen LogP contribution < -0.4 is 5.32 Å².